The number of aryl methyl sites for hydroxylation is 1. The second-order valence-electron chi connectivity index (χ2n) is 3.18. The number of ether oxygens (including phenoxy) is 1. The second-order valence-corrected chi connectivity index (χ2v) is 3.18. The topological polar surface area (TPSA) is 70.3 Å². The van der Waals surface area contributed by atoms with Gasteiger partial charge in [0.25, 0.3) is 0 Å². The van der Waals surface area contributed by atoms with E-state index in [1.54, 1.807) is 13.0 Å². The van der Waals surface area contributed by atoms with Crippen LogP contribution in [0.15, 0.2) is 12.1 Å². The molecule has 84 valence electrons. The Morgan fingerprint density at radius 3 is 2.69 bits per heavy atom. The summed E-state index contributed by atoms with van der Waals surface area (Å²) < 4.78 is 4.80. The number of nitrogens with zero attached hydrogens (tertiary/aromatic N) is 1. The maximum atomic E-state index is 11.5. The van der Waals surface area contributed by atoms with Gasteiger partial charge in [0.05, 0.1) is 12.2 Å². The normalized spacial score (nSPS) is 9.56. The van der Waals surface area contributed by atoms with Gasteiger partial charge < -0.3 is 9.84 Å². The molecule has 0 amide bonds. The highest BCUT2D eigenvalue weighted by Crippen LogP contribution is 2.26. The molecule has 0 aliphatic carbocycles. The van der Waals surface area contributed by atoms with Crippen LogP contribution in [0.4, 0.5) is 0 Å². The van der Waals surface area contributed by atoms with Gasteiger partial charge in [0.15, 0.2) is 0 Å². The highest BCUT2D eigenvalue weighted by Gasteiger charge is 2.17. The van der Waals surface area contributed by atoms with Gasteiger partial charge in [0, 0.05) is 0 Å². The monoisotopic (exact) mass is 219 g/mol. The fourth-order valence-electron chi connectivity index (χ4n) is 1.41. The second kappa shape index (κ2) is 5.17. The number of aromatic hydroxyl groups is 1. The van der Waals surface area contributed by atoms with Crippen molar-refractivity contribution in [2.45, 2.75) is 20.3 Å². The van der Waals surface area contributed by atoms with Gasteiger partial charge in [-0.05, 0) is 25.0 Å². The van der Waals surface area contributed by atoms with E-state index in [-0.39, 0.29) is 23.5 Å². The maximum Gasteiger partial charge on any atom is 0.339 e. The van der Waals surface area contributed by atoms with Crippen LogP contribution in [0.5, 0.6) is 5.75 Å². The zero-order valence-corrected chi connectivity index (χ0v) is 9.28. The molecule has 0 radical (unpaired) electrons. The first-order chi connectivity index (χ1) is 7.65. The maximum absolute atomic E-state index is 11.5. The van der Waals surface area contributed by atoms with Gasteiger partial charge in [-0.15, -0.1) is 0 Å². The zero-order valence-electron chi connectivity index (χ0n) is 9.28. The van der Waals surface area contributed by atoms with Crippen molar-refractivity contribution in [3.63, 3.8) is 0 Å². The standard InChI is InChI=1S/C12H13NO3/c1-3-8-5-6-9(12(15)16-4-2)10(7-13)11(8)14/h5-6,14H,3-4H2,1-2H3. The lowest BCUT2D eigenvalue weighted by Gasteiger charge is -2.08. The molecule has 0 unspecified atom stereocenters. The Balaban J connectivity index is 3.27. The number of hydrogen-bond acceptors (Lipinski definition) is 4. The summed E-state index contributed by atoms with van der Waals surface area (Å²) in [5.74, 6) is -0.715. The summed E-state index contributed by atoms with van der Waals surface area (Å²) in [4.78, 5) is 11.5. The number of hydrogen-bond donors (Lipinski definition) is 1. The minimum atomic E-state index is -0.586. The molecule has 0 atom stereocenters. The van der Waals surface area contributed by atoms with Crippen LogP contribution in [0, 0.1) is 11.3 Å². The van der Waals surface area contributed by atoms with Gasteiger partial charge in [0.1, 0.15) is 17.4 Å². The number of esters is 1. The van der Waals surface area contributed by atoms with Crippen molar-refractivity contribution in [3.8, 4) is 11.8 Å². The Morgan fingerprint density at radius 1 is 1.50 bits per heavy atom. The summed E-state index contributed by atoms with van der Waals surface area (Å²) >= 11 is 0. The third-order valence-electron chi connectivity index (χ3n) is 2.25. The lowest BCUT2D eigenvalue weighted by atomic mass is 10.0. The summed E-state index contributed by atoms with van der Waals surface area (Å²) in [5.41, 5.74) is 0.737. The van der Waals surface area contributed by atoms with Crippen LogP contribution >= 0.6 is 0 Å². The van der Waals surface area contributed by atoms with E-state index in [2.05, 4.69) is 0 Å². The van der Waals surface area contributed by atoms with Crippen molar-refractivity contribution in [1.82, 2.24) is 0 Å². The van der Waals surface area contributed by atoms with Crippen molar-refractivity contribution in [2.24, 2.45) is 0 Å². The SMILES string of the molecule is CCOC(=O)c1ccc(CC)c(O)c1C#N. The Kier molecular flexibility index (Phi) is 3.90. The predicted octanol–water partition coefficient (Wildman–Crippen LogP) is 2.00. The average Bonchev–Trinajstić information content (AvgIpc) is 2.28. The molecule has 0 aliphatic heterocycles. The van der Waals surface area contributed by atoms with Crippen LogP contribution in [-0.4, -0.2) is 17.7 Å². The van der Waals surface area contributed by atoms with Crippen LogP contribution < -0.4 is 0 Å². The Hall–Kier alpha value is -2.02. The van der Waals surface area contributed by atoms with Crippen LogP contribution in [0.1, 0.15) is 35.3 Å². The number of phenols is 1. The molecule has 1 rings (SSSR count). The lowest BCUT2D eigenvalue weighted by molar-refractivity contribution is 0.0525. The molecular weight excluding hydrogens is 206 g/mol. The number of nitriles is 1. The van der Waals surface area contributed by atoms with E-state index in [4.69, 9.17) is 10.00 Å². The van der Waals surface area contributed by atoms with E-state index in [9.17, 15) is 9.90 Å². The van der Waals surface area contributed by atoms with Gasteiger partial charge >= 0.3 is 5.97 Å². The molecule has 1 aromatic carbocycles. The minimum absolute atomic E-state index is 0.0159. The van der Waals surface area contributed by atoms with Crippen molar-refractivity contribution in [1.29, 1.82) is 5.26 Å². The fraction of sp³-hybridized carbons (Fsp3) is 0.333. The average molecular weight is 219 g/mol. The minimum Gasteiger partial charge on any atom is -0.506 e. The van der Waals surface area contributed by atoms with Crippen LogP contribution in [0.2, 0.25) is 0 Å². The van der Waals surface area contributed by atoms with Gasteiger partial charge in [-0.2, -0.15) is 5.26 Å². The first-order valence-electron chi connectivity index (χ1n) is 5.07. The van der Waals surface area contributed by atoms with Crippen LogP contribution in [-0.2, 0) is 11.2 Å². The highest BCUT2D eigenvalue weighted by molar-refractivity contribution is 5.93. The molecule has 0 spiro atoms. The molecule has 0 aromatic heterocycles. The summed E-state index contributed by atoms with van der Waals surface area (Å²) in [6, 6.07) is 4.96. The van der Waals surface area contributed by atoms with Gasteiger partial charge in [-0.1, -0.05) is 13.0 Å². The molecule has 0 heterocycles. The van der Waals surface area contributed by atoms with Crippen molar-refractivity contribution >= 4 is 5.97 Å². The van der Waals surface area contributed by atoms with E-state index in [0.717, 1.165) is 0 Å². The number of rotatable bonds is 3. The molecule has 0 fully saturated rings. The number of phenolic OH excluding ortho intramolecular Hbond substituents is 1. The zero-order chi connectivity index (χ0) is 12.1. The summed E-state index contributed by atoms with van der Waals surface area (Å²) in [6.45, 7) is 3.78. The number of benzene rings is 1. The Morgan fingerprint density at radius 2 is 2.19 bits per heavy atom. The van der Waals surface area contributed by atoms with E-state index in [1.165, 1.54) is 6.07 Å². The molecular formula is C12H13NO3. The quantitative estimate of drug-likeness (QED) is 0.789. The molecule has 1 aromatic rings. The van der Waals surface area contributed by atoms with Crippen molar-refractivity contribution in [2.75, 3.05) is 6.61 Å². The smallest absolute Gasteiger partial charge is 0.339 e. The van der Waals surface area contributed by atoms with E-state index < -0.39 is 5.97 Å². The first kappa shape index (κ1) is 12.1. The predicted molar refractivity (Wildman–Crippen MR) is 58.2 cm³/mol. The molecule has 4 heteroatoms. The fourth-order valence-corrected chi connectivity index (χ4v) is 1.41. The van der Waals surface area contributed by atoms with E-state index >= 15 is 0 Å². The van der Waals surface area contributed by atoms with Crippen molar-refractivity contribution in [3.05, 3.63) is 28.8 Å². The van der Waals surface area contributed by atoms with Crippen molar-refractivity contribution < 1.29 is 14.6 Å². The molecule has 0 bridgehead atoms. The van der Waals surface area contributed by atoms with Crippen LogP contribution in [0.25, 0.3) is 0 Å². The van der Waals surface area contributed by atoms with Crippen LogP contribution in [0.3, 0.4) is 0 Å². The van der Waals surface area contributed by atoms with Gasteiger partial charge in [-0.3, -0.25) is 0 Å². The first-order valence-corrected chi connectivity index (χ1v) is 5.07. The summed E-state index contributed by atoms with van der Waals surface area (Å²) in [6.07, 6.45) is 0.601. The Labute approximate surface area is 94.1 Å². The Bertz CT molecular complexity index is 446. The molecule has 16 heavy (non-hydrogen) atoms. The summed E-state index contributed by atoms with van der Waals surface area (Å²) in [5, 5.41) is 18.7. The third kappa shape index (κ3) is 2.14. The molecule has 4 nitrogen and oxygen atoms in total. The van der Waals surface area contributed by atoms with Gasteiger partial charge in [0.2, 0.25) is 0 Å². The molecule has 0 saturated carbocycles. The largest absolute Gasteiger partial charge is 0.506 e. The van der Waals surface area contributed by atoms with E-state index in [0.29, 0.717) is 12.0 Å². The lowest BCUT2D eigenvalue weighted by Crippen LogP contribution is -2.07. The number of carbonyl (C=O) groups is 1. The number of carbonyl (C=O) groups excluding carboxylic acids is 1. The summed E-state index contributed by atoms with van der Waals surface area (Å²) in [7, 11) is 0. The molecule has 0 aliphatic rings. The molecule has 1 N–H and O–H groups in total. The van der Waals surface area contributed by atoms with Gasteiger partial charge in [-0.25, -0.2) is 4.79 Å². The highest BCUT2D eigenvalue weighted by atomic mass is 16.5. The van der Waals surface area contributed by atoms with E-state index in [1.807, 2.05) is 13.0 Å². The third-order valence-corrected chi connectivity index (χ3v) is 2.25. The molecule has 0 saturated heterocycles.